The van der Waals surface area contributed by atoms with Crippen LogP contribution in [0.1, 0.15) is 58.8 Å². The monoisotopic (exact) mass is 337 g/mol. The van der Waals surface area contributed by atoms with Crippen molar-refractivity contribution in [3.05, 3.63) is 23.0 Å². The van der Waals surface area contributed by atoms with Crippen molar-refractivity contribution >= 4 is 5.91 Å². The minimum atomic E-state index is -0.145. The fourth-order valence-corrected chi connectivity index (χ4v) is 3.06. The van der Waals surface area contributed by atoms with Crippen molar-refractivity contribution in [1.82, 2.24) is 16.0 Å². The zero-order chi connectivity index (χ0) is 17.8. The van der Waals surface area contributed by atoms with Crippen LogP contribution >= 0.6 is 0 Å². The first kappa shape index (κ1) is 20.6. The van der Waals surface area contributed by atoms with E-state index in [2.05, 4.69) is 35.9 Å². The highest BCUT2D eigenvalue weighted by atomic mass is 16.3. The van der Waals surface area contributed by atoms with Gasteiger partial charge in [0.05, 0.1) is 6.61 Å². The van der Waals surface area contributed by atoms with Crippen LogP contribution in [-0.2, 0) is 4.79 Å². The number of likely N-dealkylation sites (N-methyl/N-ethyl adjacent to an activating group) is 1. The van der Waals surface area contributed by atoms with Gasteiger partial charge in [-0.15, -0.1) is 0 Å². The summed E-state index contributed by atoms with van der Waals surface area (Å²) in [5, 5.41) is 18.2. The third-order valence-corrected chi connectivity index (χ3v) is 4.60. The first-order valence-electron chi connectivity index (χ1n) is 9.40. The van der Waals surface area contributed by atoms with Gasteiger partial charge in [-0.1, -0.05) is 33.1 Å². The molecule has 0 saturated heterocycles. The van der Waals surface area contributed by atoms with Crippen molar-refractivity contribution in [1.29, 1.82) is 0 Å². The summed E-state index contributed by atoms with van der Waals surface area (Å²) >= 11 is 0. The molecule has 0 spiro atoms. The lowest BCUT2D eigenvalue weighted by Gasteiger charge is -2.22. The Balaban J connectivity index is 2.71. The third-order valence-electron chi connectivity index (χ3n) is 4.60. The molecule has 0 bridgehead atoms. The molecule has 1 aliphatic carbocycles. The van der Waals surface area contributed by atoms with Crippen LogP contribution in [0.15, 0.2) is 23.0 Å². The molecule has 0 heterocycles. The predicted molar refractivity (Wildman–Crippen MR) is 99.4 cm³/mol. The second-order valence-corrected chi connectivity index (χ2v) is 6.45. The molecule has 24 heavy (non-hydrogen) atoms. The summed E-state index contributed by atoms with van der Waals surface area (Å²) in [5.74, 6) is 0.574. The minimum absolute atomic E-state index is 0.0448. The second kappa shape index (κ2) is 12.0. The molecular weight excluding hydrogens is 302 g/mol. The van der Waals surface area contributed by atoms with Gasteiger partial charge < -0.3 is 21.1 Å². The molecule has 0 aromatic heterocycles. The van der Waals surface area contributed by atoms with Gasteiger partial charge in [0.1, 0.15) is 5.70 Å². The van der Waals surface area contributed by atoms with Crippen LogP contribution in [0.5, 0.6) is 0 Å². The Morgan fingerprint density at radius 1 is 1.33 bits per heavy atom. The average molecular weight is 338 g/mol. The number of rotatable bonds is 11. The van der Waals surface area contributed by atoms with Crippen molar-refractivity contribution in [2.45, 2.75) is 58.8 Å². The molecule has 0 fully saturated rings. The molecule has 5 nitrogen and oxygen atoms in total. The fraction of sp³-hybridized carbons (Fsp3) is 0.737. The normalized spacial score (nSPS) is 17.8. The largest absolute Gasteiger partial charge is 0.395 e. The van der Waals surface area contributed by atoms with Gasteiger partial charge in [0.2, 0.25) is 0 Å². The summed E-state index contributed by atoms with van der Waals surface area (Å²) < 4.78 is 0. The number of amides is 1. The van der Waals surface area contributed by atoms with Crippen molar-refractivity contribution in [2.75, 3.05) is 26.7 Å². The van der Waals surface area contributed by atoms with E-state index < -0.39 is 0 Å². The van der Waals surface area contributed by atoms with Crippen molar-refractivity contribution in [3.63, 3.8) is 0 Å². The summed E-state index contributed by atoms with van der Waals surface area (Å²) in [6, 6.07) is 0. The molecule has 4 N–H and O–H groups in total. The number of hydrogen-bond acceptors (Lipinski definition) is 4. The Labute approximate surface area is 147 Å². The lowest BCUT2D eigenvalue weighted by atomic mass is 9.95. The maximum atomic E-state index is 12.2. The van der Waals surface area contributed by atoms with Crippen LogP contribution in [0.2, 0.25) is 0 Å². The molecule has 0 aliphatic heterocycles. The Morgan fingerprint density at radius 3 is 2.75 bits per heavy atom. The highest BCUT2D eigenvalue weighted by Crippen LogP contribution is 2.23. The quantitative estimate of drug-likeness (QED) is 0.437. The molecule has 5 heteroatoms. The first-order valence-corrected chi connectivity index (χ1v) is 9.40. The average Bonchev–Trinajstić information content (AvgIpc) is 2.61. The van der Waals surface area contributed by atoms with Crippen LogP contribution in [-0.4, -0.2) is 37.8 Å². The van der Waals surface area contributed by atoms with Crippen molar-refractivity contribution < 1.29 is 9.90 Å². The van der Waals surface area contributed by atoms with Gasteiger partial charge >= 0.3 is 0 Å². The number of allylic oxidation sites excluding steroid dienone is 3. The highest BCUT2D eigenvalue weighted by Gasteiger charge is 2.17. The van der Waals surface area contributed by atoms with E-state index in [0.717, 1.165) is 37.3 Å². The van der Waals surface area contributed by atoms with Crippen LogP contribution in [0.3, 0.4) is 0 Å². The zero-order valence-electron chi connectivity index (χ0n) is 15.6. The molecule has 1 atom stereocenters. The number of aliphatic hydroxyl groups excluding tert-OH is 1. The molecule has 0 radical (unpaired) electrons. The number of carbonyl (C=O) groups excluding carboxylic acids is 1. The molecule has 0 aromatic carbocycles. The van der Waals surface area contributed by atoms with Crippen LogP contribution < -0.4 is 16.0 Å². The molecule has 0 aromatic rings. The summed E-state index contributed by atoms with van der Waals surface area (Å²) in [6.07, 6.45) is 10.2. The predicted octanol–water partition coefficient (Wildman–Crippen LogP) is 2.44. The van der Waals surface area contributed by atoms with Gasteiger partial charge in [0, 0.05) is 25.8 Å². The van der Waals surface area contributed by atoms with E-state index in [1.807, 2.05) is 0 Å². The third kappa shape index (κ3) is 6.95. The molecule has 138 valence electrons. The molecule has 1 unspecified atom stereocenters. The van der Waals surface area contributed by atoms with Crippen LogP contribution in [0.4, 0.5) is 0 Å². The number of unbranched alkanes of at least 4 members (excludes halogenated alkanes) is 1. The van der Waals surface area contributed by atoms with Gasteiger partial charge in [-0.05, 0) is 43.3 Å². The number of aliphatic hydroxyl groups is 1. The molecule has 1 aliphatic rings. The minimum Gasteiger partial charge on any atom is -0.395 e. The van der Waals surface area contributed by atoms with Gasteiger partial charge in [-0.3, -0.25) is 4.79 Å². The summed E-state index contributed by atoms with van der Waals surface area (Å²) in [4.78, 5) is 12.2. The van der Waals surface area contributed by atoms with Gasteiger partial charge in [0.25, 0.3) is 5.91 Å². The molecule has 0 saturated carbocycles. The van der Waals surface area contributed by atoms with Gasteiger partial charge in [-0.2, -0.15) is 0 Å². The molecule has 1 rings (SSSR count). The van der Waals surface area contributed by atoms with E-state index in [1.165, 1.54) is 31.4 Å². The number of hydrogen-bond donors (Lipinski definition) is 4. The van der Waals surface area contributed by atoms with E-state index >= 15 is 0 Å². The molecular formula is C19H35N3O2. The first-order chi connectivity index (χ1) is 11.7. The number of nitrogens with one attached hydrogen (secondary N) is 3. The van der Waals surface area contributed by atoms with Gasteiger partial charge in [-0.25, -0.2) is 0 Å². The summed E-state index contributed by atoms with van der Waals surface area (Å²) in [7, 11) is 1.77. The maximum absolute atomic E-state index is 12.2. The van der Waals surface area contributed by atoms with E-state index in [0.29, 0.717) is 5.70 Å². The number of carbonyl (C=O) groups is 1. The molecule has 1 amide bonds. The topological polar surface area (TPSA) is 73.4 Å². The van der Waals surface area contributed by atoms with Crippen LogP contribution in [0.25, 0.3) is 0 Å². The maximum Gasteiger partial charge on any atom is 0.267 e. The zero-order valence-corrected chi connectivity index (χ0v) is 15.6. The van der Waals surface area contributed by atoms with Crippen LogP contribution in [0, 0.1) is 5.92 Å². The highest BCUT2D eigenvalue weighted by molar-refractivity contribution is 5.94. The van der Waals surface area contributed by atoms with Gasteiger partial charge in [0.15, 0.2) is 0 Å². The Bertz CT molecular complexity index is 444. The smallest absolute Gasteiger partial charge is 0.267 e. The van der Waals surface area contributed by atoms with Crippen molar-refractivity contribution in [3.8, 4) is 0 Å². The Morgan fingerprint density at radius 2 is 2.12 bits per heavy atom. The van der Waals surface area contributed by atoms with E-state index in [-0.39, 0.29) is 19.1 Å². The Kier molecular flexibility index (Phi) is 10.2. The lowest BCUT2D eigenvalue weighted by Crippen LogP contribution is -2.33. The van der Waals surface area contributed by atoms with Crippen molar-refractivity contribution in [2.24, 2.45) is 5.92 Å². The Hall–Kier alpha value is -1.49. The van der Waals surface area contributed by atoms with E-state index in [1.54, 1.807) is 7.05 Å². The second-order valence-electron chi connectivity index (χ2n) is 6.45. The van der Waals surface area contributed by atoms with E-state index in [4.69, 9.17) is 5.11 Å². The standard InChI is InChI=1S/C19H35N3O2/c1-4-6-8-15(5-2)14-22-17-10-7-9-16(13-17)18(20-3)19(24)21-11-12-23/h13,15,20,22-23H,4-12,14H2,1-3H3,(H,21,24)/b18-16+. The van der Waals surface area contributed by atoms with E-state index in [9.17, 15) is 4.79 Å². The lowest BCUT2D eigenvalue weighted by molar-refractivity contribution is -0.118. The SMILES string of the molecule is CCCCC(CC)CNC1=C/C(=C(/NC)C(=O)NCCO)CCC1. The summed E-state index contributed by atoms with van der Waals surface area (Å²) in [5.41, 5.74) is 2.89. The summed E-state index contributed by atoms with van der Waals surface area (Å²) in [6.45, 7) is 5.75. The fourth-order valence-electron chi connectivity index (χ4n) is 3.06.